The maximum atomic E-state index is 11.8. The van der Waals surface area contributed by atoms with Crippen LogP contribution in [0.2, 0.25) is 0 Å². The minimum Gasteiger partial charge on any atom is -0.301 e. The number of hydrogen-bond donors (Lipinski definition) is 0. The molecule has 0 saturated carbocycles. The Morgan fingerprint density at radius 1 is 1.22 bits per heavy atom. The number of rotatable bonds is 5. The first-order valence-corrected chi connectivity index (χ1v) is 5.70. The molecule has 0 unspecified atom stereocenters. The van der Waals surface area contributed by atoms with Gasteiger partial charge in [-0.1, -0.05) is 37.3 Å². The van der Waals surface area contributed by atoms with E-state index in [1.54, 1.807) is 13.0 Å². The van der Waals surface area contributed by atoms with Crippen LogP contribution in [-0.4, -0.2) is 29.5 Å². The van der Waals surface area contributed by atoms with Gasteiger partial charge >= 0.3 is 0 Å². The van der Waals surface area contributed by atoms with Gasteiger partial charge in [0.05, 0.1) is 6.54 Å². The Morgan fingerprint density at radius 3 is 2.44 bits per heavy atom. The fourth-order valence-corrected chi connectivity index (χ4v) is 1.40. The van der Waals surface area contributed by atoms with Crippen LogP contribution < -0.4 is 0 Å². The molecule has 0 aliphatic rings. The molecule has 0 heterocycles. The molecule has 0 aliphatic carbocycles. The molecule has 0 bridgehead atoms. The van der Waals surface area contributed by atoms with Crippen LogP contribution in [0.15, 0.2) is 36.4 Å². The summed E-state index contributed by atoms with van der Waals surface area (Å²) in [5, 5.41) is 0. The van der Waals surface area contributed by atoms with E-state index in [-0.39, 0.29) is 18.9 Å². The molecule has 0 N–H and O–H groups in total. The molecule has 0 aromatic heterocycles. The van der Waals surface area contributed by atoms with Crippen molar-refractivity contribution in [2.24, 2.45) is 0 Å². The second-order valence-electron chi connectivity index (χ2n) is 3.61. The molecule has 0 atom stereocenters. The van der Waals surface area contributed by atoms with Gasteiger partial charge < -0.3 is 4.79 Å². The van der Waals surface area contributed by atoms with Crippen LogP contribution in [0.3, 0.4) is 0 Å². The van der Waals surface area contributed by atoms with E-state index in [2.05, 4.69) is 0 Å². The van der Waals surface area contributed by atoms with Crippen LogP contribution in [0.25, 0.3) is 6.08 Å². The van der Waals surface area contributed by atoms with Crippen molar-refractivity contribution in [2.75, 3.05) is 6.54 Å². The normalized spacial score (nSPS) is 10.3. The Bertz CT molecular complexity index is 451. The maximum Gasteiger partial charge on any atom is 0.253 e. The quantitative estimate of drug-likeness (QED) is 0.585. The van der Waals surface area contributed by atoms with E-state index in [0.717, 1.165) is 10.5 Å². The molecule has 0 fully saturated rings. The molecular weight excluding hydrogens is 230 g/mol. The van der Waals surface area contributed by atoms with E-state index in [0.29, 0.717) is 6.29 Å². The summed E-state index contributed by atoms with van der Waals surface area (Å²) >= 11 is 0. The first-order valence-electron chi connectivity index (χ1n) is 5.70. The van der Waals surface area contributed by atoms with Gasteiger partial charge in [-0.2, -0.15) is 0 Å². The molecular formula is C14H15NO3. The van der Waals surface area contributed by atoms with E-state index in [9.17, 15) is 14.4 Å². The van der Waals surface area contributed by atoms with Gasteiger partial charge in [0.1, 0.15) is 6.29 Å². The lowest BCUT2D eigenvalue weighted by atomic mass is 10.2. The van der Waals surface area contributed by atoms with Crippen molar-refractivity contribution in [2.45, 2.75) is 13.3 Å². The Hall–Kier alpha value is -2.23. The Morgan fingerprint density at radius 2 is 1.89 bits per heavy atom. The molecule has 0 aliphatic heterocycles. The van der Waals surface area contributed by atoms with Crippen molar-refractivity contribution < 1.29 is 14.4 Å². The van der Waals surface area contributed by atoms with Crippen LogP contribution in [-0.2, 0) is 14.4 Å². The van der Waals surface area contributed by atoms with Gasteiger partial charge in [-0.05, 0) is 11.6 Å². The SMILES string of the molecule is CCC(=O)N(CC=O)C(=O)/C=C/c1ccccc1. The second-order valence-corrected chi connectivity index (χ2v) is 3.61. The maximum absolute atomic E-state index is 11.8. The Kier molecular flexibility index (Phi) is 5.51. The monoisotopic (exact) mass is 245 g/mol. The smallest absolute Gasteiger partial charge is 0.253 e. The average molecular weight is 245 g/mol. The number of carbonyl (C=O) groups excluding carboxylic acids is 3. The van der Waals surface area contributed by atoms with Gasteiger partial charge in [0.15, 0.2) is 0 Å². The van der Waals surface area contributed by atoms with Crippen LogP contribution in [0.5, 0.6) is 0 Å². The molecule has 4 heteroatoms. The van der Waals surface area contributed by atoms with E-state index in [1.165, 1.54) is 6.08 Å². The second kappa shape index (κ2) is 7.17. The summed E-state index contributed by atoms with van der Waals surface area (Å²) < 4.78 is 0. The van der Waals surface area contributed by atoms with Gasteiger partial charge in [-0.15, -0.1) is 0 Å². The van der Waals surface area contributed by atoms with Crippen molar-refractivity contribution in [1.82, 2.24) is 4.90 Å². The zero-order valence-electron chi connectivity index (χ0n) is 10.2. The Balaban J connectivity index is 2.75. The highest BCUT2D eigenvalue weighted by Gasteiger charge is 2.16. The molecule has 2 amide bonds. The van der Waals surface area contributed by atoms with Gasteiger partial charge in [-0.3, -0.25) is 14.5 Å². The molecule has 4 nitrogen and oxygen atoms in total. The zero-order chi connectivity index (χ0) is 13.4. The van der Waals surface area contributed by atoms with Crippen molar-refractivity contribution >= 4 is 24.2 Å². The fourth-order valence-electron chi connectivity index (χ4n) is 1.40. The standard InChI is InChI=1S/C14H15NO3/c1-2-13(17)15(10-11-16)14(18)9-8-12-6-4-3-5-7-12/h3-9,11H,2,10H2,1H3/b9-8+. The summed E-state index contributed by atoms with van der Waals surface area (Å²) in [4.78, 5) is 34.6. The summed E-state index contributed by atoms with van der Waals surface area (Å²) in [5.74, 6) is -0.831. The van der Waals surface area contributed by atoms with Crippen LogP contribution in [0.4, 0.5) is 0 Å². The van der Waals surface area contributed by atoms with Crippen LogP contribution >= 0.6 is 0 Å². The molecule has 94 valence electrons. The third-order valence-corrected chi connectivity index (χ3v) is 2.34. The number of carbonyl (C=O) groups is 3. The number of aldehydes is 1. The van der Waals surface area contributed by atoms with E-state index >= 15 is 0 Å². The fraction of sp³-hybridized carbons (Fsp3) is 0.214. The number of imide groups is 1. The predicted molar refractivity (Wildman–Crippen MR) is 68.6 cm³/mol. The minimum absolute atomic E-state index is 0.193. The van der Waals surface area contributed by atoms with Gasteiger partial charge in [0.25, 0.3) is 5.91 Å². The van der Waals surface area contributed by atoms with Gasteiger partial charge in [0.2, 0.25) is 5.91 Å². The largest absolute Gasteiger partial charge is 0.301 e. The number of amides is 2. The van der Waals surface area contributed by atoms with Gasteiger partial charge in [0, 0.05) is 12.5 Å². The van der Waals surface area contributed by atoms with Crippen LogP contribution in [0, 0.1) is 0 Å². The van der Waals surface area contributed by atoms with Crippen molar-refractivity contribution in [3.05, 3.63) is 42.0 Å². The summed E-state index contributed by atoms with van der Waals surface area (Å²) in [6.45, 7) is 1.44. The highest BCUT2D eigenvalue weighted by molar-refractivity contribution is 6.03. The predicted octanol–water partition coefficient (Wildman–Crippen LogP) is 1.66. The molecule has 18 heavy (non-hydrogen) atoms. The summed E-state index contributed by atoms with van der Waals surface area (Å²) in [6.07, 6.45) is 3.65. The molecule has 1 aromatic rings. The lowest BCUT2D eigenvalue weighted by molar-refractivity contribution is -0.143. The number of hydrogen-bond acceptors (Lipinski definition) is 3. The lowest BCUT2D eigenvalue weighted by Crippen LogP contribution is -2.36. The van der Waals surface area contributed by atoms with Crippen molar-refractivity contribution in [3.8, 4) is 0 Å². The lowest BCUT2D eigenvalue weighted by Gasteiger charge is -2.14. The minimum atomic E-state index is -0.474. The third kappa shape index (κ3) is 3.97. The molecule has 1 rings (SSSR count). The van der Waals surface area contributed by atoms with Crippen molar-refractivity contribution in [3.63, 3.8) is 0 Å². The van der Waals surface area contributed by atoms with E-state index in [4.69, 9.17) is 0 Å². The van der Waals surface area contributed by atoms with E-state index < -0.39 is 5.91 Å². The average Bonchev–Trinajstić information content (AvgIpc) is 2.42. The Labute approximate surface area is 106 Å². The third-order valence-electron chi connectivity index (χ3n) is 2.34. The molecule has 1 aromatic carbocycles. The highest BCUT2D eigenvalue weighted by Crippen LogP contribution is 2.03. The van der Waals surface area contributed by atoms with Crippen LogP contribution in [0.1, 0.15) is 18.9 Å². The summed E-state index contributed by atoms with van der Waals surface area (Å²) in [7, 11) is 0. The zero-order valence-corrected chi connectivity index (χ0v) is 10.2. The summed E-state index contributed by atoms with van der Waals surface area (Å²) in [6, 6.07) is 9.26. The number of nitrogens with zero attached hydrogens (tertiary/aromatic N) is 1. The molecule has 0 spiro atoms. The number of benzene rings is 1. The molecule has 0 saturated heterocycles. The summed E-state index contributed by atoms with van der Waals surface area (Å²) in [5.41, 5.74) is 0.862. The van der Waals surface area contributed by atoms with E-state index in [1.807, 2.05) is 30.3 Å². The first-order chi connectivity index (χ1) is 8.69. The van der Waals surface area contributed by atoms with Crippen molar-refractivity contribution in [1.29, 1.82) is 0 Å². The highest BCUT2D eigenvalue weighted by atomic mass is 16.2. The molecule has 0 radical (unpaired) electrons. The first kappa shape index (κ1) is 13.8. The topological polar surface area (TPSA) is 54.5 Å². The van der Waals surface area contributed by atoms with Gasteiger partial charge in [-0.25, -0.2) is 0 Å².